The Kier molecular flexibility index (Phi) is 4.95. The van der Waals surface area contributed by atoms with Crippen LogP contribution in [0.2, 0.25) is 0 Å². The molecule has 0 bridgehead atoms. The van der Waals surface area contributed by atoms with Crippen LogP contribution in [0, 0.1) is 11.7 Å². The first kappa shape index (κ1) is 19.1. The Hall–Kier alpha value is -2.28. The first-order valence-corrected chi connectivity index (χ1v) is 9.95. The summed E-state index contributed by atoms with van der Waals surface area (Å²) < 4.78 is 35.6. The van der Waals surface area contributed by atoms with Gasteiger partial charge in [-0.25, -0.2) is 13.8 Å². The maximum Gasteiger partial charge on any atom is 0.292 e. The largest absolute Gasteiger partial charge is 0.461 e. The molecule has 1 unspecified atom stereocenters. The van der Waals surface area contributed by atoms with Crippen molar-refractivity contribution in [2.24, 2.45) is 10.9 Å². The van der Waals surface area contributed by atoms with Crippen LogP contribution in [0.5, 0.6) is 0 Å². The Morgan fingerprint density at radius 2 is 2.11 bits per heavy atom. The predicted molar refractivity (Wildman–Crippen MR) is 105 cm³/mol. The molecule has 2 aromatic carbocycles. The van der Waals surface area contributed by atoms with Crippen molar-refractivity contribution in [1.82, 2.24) is 5.32 Å². The number of carbonyl (C=O) groups is 1. The molecule has 7 heteroatoms. The van der Waals surface area contributed by atoms with Crippen molar-refractivity contribution in [3.8, 4) is 0 Å². The minimum atomic E-state index is -1.40. The maximum atomic E-state index is 14.9. The zero-order valence-corrected chi connectivity index (χ0v) is 16.8. The molecule has 1 N–H and O–H groups in total. The Balaban J connectivity index is 1.71. The summed E-state index contributed by atoms with van der Waals surface area (Å²) in [5, 5.41) is 2.60. The quantitative estimate of drug-likeness (QED) is 0.747. The molecule has 28 heavy (non-hydrogen) atoms. The average Bonchev–Trinajstić information content (AvgIpc) is 3.49. The topological polar surface area (TPSA) is 50.7 Å². The maximum absolute atomic E-state index is 14.9. The van der Waals surface area contributed by atoms with E-state index in [9.17, 15) is 13.6 Å². The van der Waals surface area contributed by atoms with Gasteiger partial charge in [-0.1, -0.05) is 41.1 Å². The molecule has 1 amide bonds. The first-order valence-electron chi connectivity index (χ1n) is 9.15. The molecule has 2 aromatic rings. The number of rotatable bonds is 4. The van der Waals surface area contributed by atoms with Gasteiger partial charge >= 0.3 is 0 Å². The highest BCUT2D eigenvalue weighted by atomic mass is 79.9. The molecule has 4 nitrogen and oxygen atoms in total. The Labute approximate surface area is 170 Å². The molecule has 1 aliphatic heterocycles. The number of halogens is 3. The van der Waals surface area contributed by atoms with E-state index < -0.39 is 23.9 Å². The van der Waals surface area contributed by atoms with E-state index in [1.807, 2.05) is 6.92 Å². The van der Waals surface area contributed by atoms with Gasteiger partial charge in [0.2, 0.25) is 0 Å². The third kappa shape index (κ3) is 3.21. The van der Waals surface area contributed by atoms with E-state index in [2.05, 4.69) is 26.2 Å². The number of nitrogens with zero attached hydrogens (tertiary/aromatic N) is 1. The fourth-order valence-electron chi connectivity index (χ4n) is 3.71. The second-order valence-electron chi connectivity index (χ2n) is 7.07. The van der Waals surface area contributed by atoms with Gasteiger partial charge in [0.1, 0.15) is 24.1 Å². The number of fused-ring (bicyclic) bond motifs is 1. The van der Waals surface area contributed by atoms with Crippen LogP contribution in [0.1, 0.15) is 34.8 Å². The van der Waals surface area contributed by atoms with Crippen LogP contribution in [0.25, 0.3) is 0 Å². The van der Waals surface area contributed by atoms with Crippen molar-refractivity contribution < 1.29 is 18.3 Å². The number of nitrogens with one attached hydrogen (secondary N) is 1. The summed E-state index contributed by atoms with van der Waals surface area (Å²) in [5.74, 6) is -1.17. The Bertz CT molecular complexity index is 951. The van der Waals surface area contributed by atoms with E-state index >= 15 is 0 Å². The number of hydrogen-bond acceptors (Lipinski definition) is 3. The molecule has 1 aliphatic carbocycles. The molecule has 1 heterocycles. The minimum absolute atomic E-state index is 0.0691. The van der Waals surface area contributed by atoms with Crippen LogP contribution in [-0.2, 0) is 16.7 Å². The van der Waals surface area contributed by atoms with Crippen molar-refractivity contribution in [3.63, 3.8) is 0 Å². The molecule has 2 aliphatic rings. The zero-order valence-electron chi connectivity index (χ0n) is 15.2. The van der Waals surface area contributed by atoms with Crippen molar-refractivity contribution >= 4 is 27.9 Å². The van der Waals surface area contributed by atoms with Crippen LogP contribution in [0.3, 0.4) is 0 Å². The van der Waals surface area contributed by atoms with Crippen LogP contribution in [0.4, 0.5) is 8.78 Å². The number of amides is 1. The van der Waals surface area contributed by atoms with Gasteiger partial charge in [-0.15, -0.1) is 0 Å². The van der Waals surface area contributed by atoms with Crippen molar-refractivity contribution in [3.05, 3.63) is 69.4 Å². The van der Waals surface area contributed by atoms with E-state index in [1.54, 1.807) is 36.4 Å². The lowest BCUT2D eigenvalue weighted by atomic mass is 9.85. The molecular formula is C21H19BrF2N2O2. The van der Waals surface area contributed by atoms with E-state index in [4.69, 9.17) is 4.74 Å². The molecule has 3 atom stereocenters. The molecular weight excluding hydrogens is 430 g/mol. The lowest BCUT2D eigenvalue weighted by Gasteiger charge is -2.32. The summed E-state index contributed by atoms with van der Waals surface area (Å²) in [6.07, 6.45) is 0.922. The van der Waals surface area contributed by atoms with Gasteiger partial charge in [-0.3, -0.25) is 10.1 Å². The van der Waals surface area contributed by atoms with Gasteiger partial charge in [0.05, 0.1) is 0 Å². The first-order chi connectivity index (χ1) is 13.5. The number of carbonyl (C=O) groups excluding carboxylic acids is 1. The second-order valence-corrected chi connectivity index (χ2v) is 7.92. The van der Waals surface area contributed by atoms with Gasteiger partial charge in [-0.2, -0.15) is 0 Å². The van der Waals surface area contributed by atoms with Gasteiger partial charge in [0, 0.05) is 21.5 Å². The highest BCUT2D eigenvalue weighted by Crippen LogP contribution is 2.54. The standard InChI is InChI=1S/C21H19BrF2N2O2/c1-2-12-8-17(24)14(9-16(12)22)21(11-23)15-10-18(15)28-20(26-21)25-19(27)13-6-4-3-5-7-13/h3-9,15,18H,2,10-11H2,1H3,(H,25,26,27)/t15-,18?,21+/m0/s1. The van der Waals surface area contributed by atoms with Gasteiger partial charge < -0.3 is 4.74 Å². The lowest BCUT2D eigenvalue weighted by Crippen LogP contribution is -2.43. The molecule has 0 saturated heterocycles. The summed E-state index contributed by atoms with van der Waals surface area (Å²) in [6, 6.07) is 11.5. The summed E-state index contributed by atoms with van der Waals surface area (Å²) in [7, 11) is 0. The van der Waals surface area contributed by atoms with Gasteiger partial charge in [0.15, 0.2) is 0 Å². The number of benzene rings is 2. The fourth-order valence-corrected chi connectivity index (χ4v) is 4.33. The smallest absolute Gasteiger partial charge is 0.292 e. The molecule has 1 fully saturated rings. The Morgan fingerprint density at radius 3 is 2.79 bits per heavy atom. The predicted octanol–water partition coefficient (Wildman–Crippen LogP) is 4.52. The third-order valence-corrected chi connectivity index (χ3v) is 6.09. The van der Waals surface area contributed by atoms with Gasteiger partial charge in [0.25, 0.3) is 11.9 Å². The highest BCUT2D eigenvalue weighted by molar-refractivity contribution is 9.10. The molecule has 0 aromatic heterocycles. The molecule has 0 radical (unpaired) electrons. The number of aliphatic imine (C=N–C) groups is 1. The molecule has 0 spiro atoms. The highest BCUT2D eigenvalue weighted by Gasteiger charge is 2.60. The summed E-state index contributed by atoms with van der Waals surface area (Å²) in [4.78, 5) is 16.8. The van der Waals surface area contributed by atoms with Crippen LogP contribution < -0.4 is 5.32 Å². The van der Waals surface area contributed by atoms with E-state index in [-0.39, 0.29) is 23.6 Å². The fraction of sp³-hybridized carbons (Fsp3) is 0.333. The number of aryl methyl sites for hydroxylation is 1. The van der Waals surface area contributed by atoms with Crippen LogP contribution in [-0.4, -0.2) is 24.7 Å². The van der Waals surface area contributed by atoms with Crippen molar-refractivity contribution in [2.45, 2.75) is 31.4 Å². The zero-order chi connectivity index (χ0) is 19.9. The second kappa shape index (κ2) is 7.28. The molecule has 146 valence electrons. The van der Waals surface area contributed by atoms with Crippen LogP contribution in [0.15, 0.2) is 51.9 Å². The van der Waals surface area contributed by atoms with Gasteiger partial charge in [-0.05, 0) is 42.7 Å². The summed E-state index contributed by atoms with van der Waals surface area (Å²) in [5.41, 5.74) is 0.0116. The average molecular weight is 449 g/mol. The normalized spacial score (nSPS) is 25.4. The number of alkyl halides is 1. The van der Waals surface area contributed by atoms with Crippen molar-refractivity contribution in [1.29, 1.82) is 0 Å². The summed E-state index contributed by atoms with van der Waals surface area (Å²) >= 11 is 3.44. The third-order valence-electron chi connectivity index (χ3n) is 5.35. The molecule has 1 saturated carbocycles. The van der Waals surface area contributed by atoms with Crippen LogP contribution >= 0.6 is 15.9 Å². The van der Waals surface area contributed by atoms with E-state index in [1.165, 1.54) is 6.07 Å². The van der Waals surface area contributed by atoms with E-state index in [0.29, 0.717) is 22.9 Å². The lowest BCUT2D eigenvalue weighted by molar-refractivity contribution is 0.0950. The van der Waals surface area contributed by atoms with Crippen molar-refractivity contribution in [2.75, 3.05) is 6.67 Å². The number of ether oxygens (including phenoxy) is 1. The molecule has 4 rings (SSSR count). The Morgan fingerprint density at radius 1 is 1.36 bits per heavy atom. The number of amidine groups is 1. The van der Waals surface area contributed by atoms with E-state index in [0.717, 1.165) is 5.56 Å². The minimum Gasteiger partial charge on any atom is -0.461 e. The number of hydrogen-bond donors (Lipinski definition) is 1. The summed E-state index contributed by atoms with van der Waals surface area (Å²) in [6.45, 7) is 1.04. The SMILES string of the molecule is CCc1cc(F)c([C@@]2(CF)N=C(NC(=O)c3ccccc3)OC3C[C@@H]32)cc1Br. The monoisotopic (exact) mass is 448 g/mol.